The van der Waals surface area contributed by atoms with Crippen LogP contribution in [0, 0.1) is 0 Å². The molecule has 25 heavy (non-hydrogen) atoms. The highest BCUT2D eigenvalue weighted by molar-refractivity contribution is 7.96. The zero-order chi connectivity index (χ0) is 16.8. The Morgan fingerprint density at radius 1 is 0.680 bits per heavy atom. The molecule has 0 aromatic heterocycles. The minimum absolute atomic E-state index is 0. The maximum Gasteiger partial charge on any atom is 0.201 e. The van der Waals surface area contributed by atoms with Gasteiger partial charge in [-0.05, 0) is 36.4 Å². The van der Waals surface area contributed by atoms with E-state index in [-0.39, 0.29) is 24.4 Å². The van der Waals surface area contributed by atoms with Gasteiger partial charge < -0.3 is 12.4 Å². The molecular formula is C21H19ClFOP. The molecule has 0 spiro atoms. The van der Waals surface area contributed by atoms with Gasteiger partial charge in [-0.3, -0.25) is 4.79 Å². The van der Waals surface area contributed by atoms with Crippen LogP contribution in [-0.4, -0.2) is 18.6 Å². The maximum absolute atomic E-state index is 13.1. The highest BCUT2D eigenvalue weighted by atomic mass is 35.5. The summed E-state index contributed by atoms with van der Waals surface area (Å²) in [5.74, 6) is -0.347. The van der Waals surface area contributed by atoms with Crippen LogP contribution in [0.1, 0.15) is 0 Å². The summed E-state index contributed by atoms with van der Waals surface area (Å²) < 4.78 is 13.1. The Labute approximate surface area is 154 Å². The number of hydrogen-bond donors (Lipinski definition) is 0. The first-order valence-corrected chi connectivity index (χ1v) is 9.87. The molecule has 128 valence electrons. The van der Waals surface area contributed by atoms with E-state index in [0.29, 0.717) is 0 Å². The summed E-state index contributed by atoms with van der Waals surface area (Å²) in [4.78, 5) is 12.2. The van der Waals surface area contributed by atoms with Gasteiger partial charge in [0.2, 0.25) is 5.78 Å². The summed E-state index contributed by atoms with van der Waals surface area (Å²) in [6.07, 6.45) is 0.210. The quantitative estimate of drug-likeness (QED) is 0.577. The molecule has 0 amide bonds. The number of rotatable bonds is 6. The number of halogens is 2. The van der Waals surface area contributed by atoms with E-state index >= 15 is 0 Å². The third-order valence-corrected chi connectivity index (χ3v) is 8.52. The van der Waals surface area contributed by atoms with Crippen LogP contribution in [-0.2, 0) is 4.79 Å². The van der Waals surface area contributed by atoms with Crippen LogP contribution in [0.3, 0.4) is 0 Å². The molecule has 0 atom stereocenters. The van der Waals surface area contributed by atoms with E-state index in [9.17, 15) is 9.18 Å². The molecule has 3 aromatic rings. The van der Waals surface area contributed by atoms with Crippen molar-refractivity contribution in [2.24, 2.45) is 0 Å². The van der Waals surface area contributed by atoms with Crippen molar-refractivity contribution in [2.75, 3.05) is 12.8 Å². The largest absolute Gasteiger partial charge is 1.00 e. The minimum atomic E-state index is -2.22. The molecule has 3 rings (SSSR count). The van der Waals surface area contributed by atoms with Gasteiger partial charge in [0.25, 0.3) is 0 Å². The van der Waals surface area contributed by atoms with Crippen molar-refractivity contribution in [2.45, 2.75) is 0 Å². The molecular weight excluding hydrogens is 354 g/mol. The molecule has 0 aliphatic heterocycles. The normalized spacial score (nSPS) is 10.8. The zero-order valence-electron chi connectivity index (χ0n) is 13.7. The van der Waals surface area contributed by atoms with E-state index < -0.39 is 13.9 Å². The van der Waals surface area contributed by atoms with E-state index in [0.717, 1.165) is 15.9 Å². The van der Waals surface area contributed by atoms with Gasteiger partial charge in [0.1, 0.15) is 29.3 Å². The van der Waals surface area contributed by atoms with Gasteiger partial charge in [0.15, 0.2) is 6.67 Å². The Morgan fingerprint density at radius 2 is 1.00 bits per heavy atom. The van der Waals surface area contributed by atoms with Crippen LogP contribution >= 0.6 is 7.26 Å². The van der Waals surface area contributed by atoms with Crippen molar-refractivity contribution in [1.29, 1.82) is 0 Å². The first-order chi connectivity index (χ1) is 11.8. The fourth-order valence-corrected chi connectivity index (χ4v) is 7.17. The summed E-state index contributed by atoms with van der Waals surface area (Å²) in [6, 6.07) is 30.1. The molecule has 0 heterocycles. The van der Waals surface area contributed by atoms with Crippen LogP contribution in [0.15, 0.2) is 91.0 Å². The van der Waals surface area contributed by atoms with Crippen LogP contribution in [0.4, 0.5) is 4.39 Å². The molecule has 0 radical (unpaired) electrons. The molecule has 0 unspecified atom stereocenters. The smallest absolute Gasteiger partial charge is 0.201 e. The second-order valence-electron chi connectivity index (χ2n) is 5.65. The number of hydrogen-bond acceptors (Lipinski definition) is 1. The predicted octanol–water partition coefficient (Wildman–Crippen LogP) is 0.523. The molecule has 0 N–H and O–H groups in total. The Kier molecular flexibility index (Phi) is 6.87. The lowest BCUT2D eigenvalue weighted by molar-refractivity contribution is -0.117. The number of Topliss-reactive ketones (excluding diaryl/α,β-unsaturated/α-hetero) is 1. The Bertz CT molecular complexity index is 697. The van der Waals surface area contributed by atoms with E-state index in [4.69, 9.17) is 0 Å². The monoisotopic (exact) mass is 372 g/mol. The fourth-order valence-electron chi connectivity index (χ4n) is 3.08. The van der Waals surface area contributed by atoms with Crippen LogP contribution < -0.4 is 28.3 Å². The van der Waals surface area contributed by atoms with Gasteiger partial charge in [0.05, 0.1) is 0 Å². The summed E-state index contributed by atoms with van der Waals surface area (Å²) in [5.41, 5.74) is 0. The second-order valence-corrected chi connectivity index (χ2v) is 9.13. The first kappa shape index (κ1) is 19.3. The Balaban J connectivity index is 0.00000225. The van der Waals surface area contributed by atoms with E-state index in [2.05, 4.69) is 36.4 Å². The molecule has 0 bridgehead atoms. The van der Waals surface area contributed by atoms with Gasteiger partial charge in [-0.2, -0.15) is 0 Å². The lowest BCUT2D eigenvalue weighted by Crippen LogP contribution is -3.00. The van der Waals surface area contributed by atoms with Crippen molar-refractivity contribution in [3.05, 3.63) is 91.0 Å². The summed E-state index contributed by atoms with van der Waals surface area (Å²) in [5, 5.41) is 3.30. The van der Waals surface area contributed by atoms with Gasteiger partial charge in [0, 0.05) is 0 Å². The number of benzene rings is 3. The number of carbonyl (C=O) groups is 1. The summed E-state index contributed by atoms with van der Waals surface area (Å²) in [7, 11) is -2.22. The van der Waals surface area contributed by atoms with Gasteiger partial charge in [-0.15, -0.1) is 0 Å². The highest BCUT2D eigenvalue weighted by Gasteiger charge is 2.46. The van der Waals surface area contributed by atoms with Crippen LogP contribution in [0.2, 0.25) is 0 Å². The van der Waals surface area contributed by atoms with Crippen molar-refractivity contribution < 1.29 is 21.6 Å². The van der Waals surface area contributed by atoms with Crippen molar-refractivity contribution >= 4 is 29.0 Å². The molecule has 0 saturated carbocycles. The molecule has 0 fully saturated rings. The maximum atomic E-state index is 13.1. The van der Waals surface area contributed by atoms with Crippen LogP contribution in [0.25, 0.3) is 0 Å². The van der Waals surface area contributed by atoms with E-state index in [1.165, 1.54) is 0 Å². The Morgan fingerprint density at radius 3 is 1.28 bits per heavy atom. The molecule has 1 nitrogen and oxygen atoms in total. The van der Waals surface area contributed by atoms with E-state index in [1.807, 2.05) is 54.6 Å². The number of ketones is 1. The molecule has 4 heteroatoms. The van der Waals surface area contributed by atoms with Crippen molar-refractivity contribution in [1.82, 2.24) is 0 Å². The minimum Gasteiger partial charge on any atom is -1.00 e. The topological polar surface area (TPSA) is 17.1 Å². The molecule has 0 aliphatic carbocycles. The van der Waals surface area contributed by atoms with Crippen LogP contribution in [0.5, 0.6) is 0 Å². The number of alkyl halides is 1. The SMILES string of the molecule is O=C(CF)C[P+](c1ccccc1)(c1ccccc1)c1ccccc1.[Cl-]. The summed E-state index contributed by atoms with van der Waals surface area (Å²) in [6.45, 7) is -0.922. The second kappa shape index (κ2) is 8.89. The van der Waals surface area contributed by atoms with E-state index in [1.54, 1.807) is 0 Å². The zero-order valence-corrected chi connectivity index (χ0v) is 15.3. The Hall–Kier alpha value is -2.02. The summed E-state index contributed by atoms with van der Waals surface area (Å²) >= 11 is 0. The highest BCUT2D eigenvalue weighted by Crippen LogP contribution is 2.55. The van der Waals surface area contributed by atoms with Gasteiger partial charge >= 0.3 is 0 Å². The first-order valence-electron chi connectivity index (χ1n) is 7.90. The molecule has 3 aromatic carbocycles. The standard InChI is InChI=1S/C21H19FOP.ClH/c22-16-18(23)17-24(19-10-4-1-5-11-19,20-12-6-2-7-13-20)21-14-8-3-9-15-21;/h1-15H,16-17H2;1H/q+1;/p-1. The predicted molar refractivity (Wildman–Crippen MR) is 101 cm³/mol. The van der Waals surface area contributed by atoms with Gasteiger partial charge in [-0.25, -0.2) is 4.39 Å². The lowest BCUT2D eigenvalue weighted by Gasteiger charge is -2.26. The lowest BCUT2D eigenvalue weighted by atomic mass is 10.3. The fraction of sp³-hybridized carbons (Fsp3) is 0.0952. The molecule has 0 saturated heterocycles. The average molecular weight is 373 g/mol. The average Bonchev–Trinajstić information content (AvgIpc) is 2.68. The number of carbonyl (C=O) groups excluding carboxylic acids is 1. The molecule has 0 aliphatic rings. The third-order valence-electron chi connectivity index (χ3n) is 4.15. The van der Waals surface area contributed by atoms with Crippen molar-refractivity contribution in [3.63, 3.8) is 0 Å². The third kappa shape index (κ3) is 3.98. The van der Waals surface area contributed by atoms with Crippen molar-refractivity contribution in [3.8, 4) is 0 Å². The van der Waals surface area contributed by atoms with Gasteiger partial charge in [-0.1, -0.05) is 54.6 Å².